The van der Waals surface area contributed by atoms with E-state index in [2.05, 4.69) is 19.9 Å². The molecule has 0 aromatic carbocycles. The molecule has 0 saturated heterocycles. The molecule has 2 unspecified atom stereocenters. The molecule has 0 aromatic heterocycles. The zero-order chi connectivity index (χ0) is 39.3. The van der Waals surface area contributed by atoms with Crippen LogP contribution in [0, 0.1) is 0 Å². The van der Waals surface area contributed by atoms with Gasteiger partial charge in [0.05, 0.1) is 34.4 Å². The first kappa shape index (κ1) is 51.1. The van der Waals surface area contributed by atoms with E-state index in [-0.39, 0.29) is 42.7 Å². The Balaban J connectivity index is 4.18. The third-order valence-electron chi connectivity index (χ3n) is 10.2. The number of aliphatic carboxylic acids is 1. The van der Waals surface area contributed by atoms with Crippen molar-refractivity contribution in [2.45, 2.75) is 219 Å². The summed E-state index contributed by atoms with van der Waals surface area (Å²) < 4.78 is 17.2. The van der Waals surface area contributed by atoms with Gasteiger partial charge in [0.2, 0.25) is 0 Å². The lowest BCUT2D eigenvalue weighted by Crippen LogP contribution is -2.50. The second-order valence-electron chi connectivity index (χ2n) is 16.3. The van der Waals surface area contributed by atoms with Crippen LogP contribution in [0.1, 0.15) is 206 Å². The Morgan fingerprint density at radius 1 is 0.547 bits per heavy atom. The number of allylic oxidation sites excluding steroid dienone is 2. The number of carboxylic acid groups (broad SMARTS) is 1. The lowest BCUT2D eigenvalue weighted by atomic mass is 10.0. The minimum absolute atomic E-state index is 0.0550. The Labute approximate surface area is 327 Å². The van der Waals surface area contributed by atoms with Crippen molar-refractivity contribution in [3.05, 3.63) is 12.2 Å². The lowest BCUT2D eigenvalue weighted by molar-refractivity contribution is -0.887. The molecule has 1 N–H and O–H groups in total. The standard InChI is InChI=1S/C45H85NO7/c1-6-8-10-12-14-16-17-18-19-20-21-22-23-24-25-26-27-28-30-32-34-36-44(48)53-41(39-51-38-37-42(45(49)50)46(3,4)5)40-52-43(47)35-33-31-29-15-13-11-9-7-2/h29,31,41-42H,6-28,30,32-40H2,1-5H3/p+1/b31-29+. The molecule has 0 amide bonds. The van der Waals surface area contributed by atoms with Crippen LogP contribution in [0.25, 0.3) is 0 Å². The quantitative estimate of drug-likeness (QED) is 0.0288. The van der Waals surface area contributed by atoms with E-state index < -0.39 is 18.1 Å². The van der Waals surface area contributed by atoms with Crippen molar-refractivity contribution in [1.29, 1.82) is 0 Å². The normalized spacial score (nSPS) is 13.0. The fraction of sp³-hybridized carbons (Fsp3) is 0.889. The maximum atomic E-state index is 12.7. The molecule has 2 atom stereocenters. The molecule has 0 spiro atoms. The third-order valence-corrected chi connectivity index (χ3v) is 10.2. The van der Waals surface area contributed by atoms with Gasteiger partial charge in [0.15, 0.2) is 12.1 Å². The first-order valence-electron chi connectivity index (χ1n) is 22.2. The van der Waals surface area contributed by atoms with Crippen molar-refractivity contribution in [2.24, 2.45) is 0 Å². The number of carboxylic acids is 1. The zero-order valence-electron chi connectivity index (χ0n) is 35.5. The summed E-state index contributed by atoms with van der Waals surface area (Å²) in [4.78, 5) is 36.8. The van der Waals surface area contributed by atoms with Gasteiger partial charge in [-0.1, -0.05) is 174 Å². The molecule has 0 bridgehead atoms. The number of hydrogen-bond donors (Lipinski definition) is 1. The molecule has 8 heteroatoms. The topological polar surface area (TPSA) is 99.1 Å². The molecular formula is C45H86NO7+. The number of ether oxygens (including phenoxy) is 3. The molecule has 0 radical (unpaired) electrons. The highest BCUT2D eigenvalue weighted by molar-refractivity contribution is 5.72. The number of quaternary nitrogens is 1. The molecule has 8 nitrogen and oxygen atoms in total. The minimum atomic E-state index is -0.877. The first-order valence-corrected chi connectivity index (χ1v) is 22.2. The number of nitrogens with zero attached hydrogens (tertiary/aromatic N) is 1. The molecule has 0 rings (SSSR count). The number of carbonyl (C=O) groups is 3. The largest absolute Gasteiger partial charge is 0.477 e. The van der Waals surface area contributed by atoms with Gasteiger partial charge in [0.25, 0.3) is 0 Å². The van der Waals surface area contributed by atoms with Crippen LogP contribution in [0.3, 0.4) is 0 Å². The molecule has 312 valence electrons. The Morgan fingerprint density at radius 3 is 1.43 bits per heavy atom. The summed E-state index contributed by atoms with van der Waals surface area (Å²) in [6, 6.07) is -0.613. The van der Waals surface area contributed by atoms with E-state index in [1.165, 1.54) is 141 Å². The highest BCUT2D eigenvalue weighted by Gasteiger charge is 2.31. The number of unbranched alkanes of at least 4 members (excludes halogenated alkanes) is 24. The van der Waals surface area contributed by atoms with Gasteiger partial charge in [0.1, 0.15) is 6.61 Å². The fourth-order valence-corrected chi connectivity index (χ4v) is 6.70. The highest BCUT2D eigenvalue weighted by Crippen LogP contribution is 2.16. The van der Waals surface area contributed by atoms with E-state index >= 15 is 0 Å². The van der Waals surface area contributed by atoms with Crippen molar-refractivity contribution in [1.82, 2.24) is 0 Å². The fourth-order valence-electron chi connectivity index (χ4n) is 6.70. The van der Waals surface area contributed by atoms with E-state index in [1.54, 1.807) is 0 Å². The molecular weight excluding hydrogens is 666 g/mol. The monoisotopic (exact) mass is 753 g/mol. The van der Waals surface area contributed by atoms with Crippen molar-refractivity contribution >= 4 is 17.9 Å². The highest BCUT2D eigenvalue weighted by atomic mass is 16.6. The van der Waals surface area contributed by atoms with Crippen molar-refractivity contribution in [3.63, 3.8) is 0 Å². The third kappa shape index (κ3) is 35.5. The smallest absolute Gasteiger partial charge is 0.362 e. The second-order valence-corrected chi connectivity index (χ2v) is 16.3. The predicted molar refractivity (Wildman–Crippen MR) is 220 cm³/mol. The first-order chi connectivity index (χ1) is 25.6. The number of esters is 2. The van der Waals surface area contributed by atoms with E-state index in [0.717, 1.165) is 25.7 Å². The Bertz CT molecular complexity index is 885. The SMILES string of the molecule is CCCCCC/C=C/CCC(=O)OCC(COCCC(C(=O)O)[N+](C)(C)C)OC(=O)CCCCCCCCCCCCCCCCCCCCCCC. The van der Waals surface area contributed by atoms with Crippen molar-refractivity contribution < 1.29 is 38.2 Å². The average molecular weight is 753 g/mol. The average Bonchev–Trinajstić information content (AvgIpc) is 3.11. The minimum Gasteiger partial charge on any atom is -0.477 e. The number of carbonyl (C=O) groups excluding carboxylic acids is 2. The summed E-state index contributed by atoms with van der Waals surface area (Å²) >= 11 is 0. The van der Waals surface area contributed by atoms with Crippen LogP contribution < -0.4 is 0 Å². The second kappa shape index (κ2) is 37.0. The maximum Gasteiger partial charge on any atom is 0.362 e. The van der Waals surface area contributed by atoms with Gasteiger partial charge in [-0.25, -0.2) is 4.79 Å². The summed E-state index contributed by atoms with van der Waals surface area (Å²) in [5.41, 5.74) is 0. The van der Waals surface area contributed by atoms with E-state index in [9.17, 15) is 19.5 Å². The molecule has 0 aliphatic rings. The number of rotatable bonds is 40. The number of hydrogen-bond acceptors (Lipinski definition) is 6. The molecule has 0 aliphatic heterocycles. The Hall–Kier alpha value is -1.93. The molecule has 0 fully saturated rings. The molecule has 0 aromatic rings. The van der Waals surface area contributed by atoms with Crippen LogP contribution in [0.5, 0.6) is 0 Å². The van der Waals surface area contributed by atoms with Gasteiger partial charge in [-0.2, -0.15) is 0 Å². The van der Waals surface area contributed by atoms with Crippen molar-refractivity contribution in [3.8, 4) is 0 Å². The van der Waals surface area contributed by atoms with E-state index in [1.807, 2.05) is 27.2 Å². The maximum absolute atomic E-state index is 12.7. The summed E-state index contributed by atoms with van der Waals surface area (Å²) in [7, 11) is 5.52. The van der Waals surface area contributed by atoms with Crippen molar-refractivity contribution in [2.75, 3.05) is 41.0 Å². The lowest BCUT2D eigenvalue weighted by Gasteiger charge is -2.31. The Kier molecular flexibility index (Phi) is 35.7. The van der Waals surface area contributed by atoms with E-state index in [4.69, 9.17) is 14.2 Å². The predicted octanol–water partition coefficient (Wildman–Crippen LogP) is 11.9. The summed E-state index contributed by atoms with van der Waals surface area (Å²) in [6.45, 7) is 4.67. The van der Waals surface area contributed by atoms with E-state index in [0.29, 0.717) is 19.3 Å². The van der Waals surface area contributed by atoms with Gasteiger partial charge in [-0.3, -0.25) is 9.59 Å². The van der Waals surface area contributed by atoms with Gasteiger partial charge in [0, 0.05) is 19.3 Å². The number of likely N-dealkylation sites (N-methyl/N-ethyl adjacent to an activating group) is 1. The molecule has 0 heterocycles. The molecule has 0 saturated carbocycles. The van der Waals surface area contributed by atoms with Crippen LogP contribution in [0.4, 0.5) is 0 Å². The van der Waals surface area contributed by atoms with Crippen LogP contribution in [-0.2, 0) is 28.6 Å². The van der Waals surface area contributed by atoms with Crippen LogP contribution in [0.2, 0.25) is 0 Å². The molecule has 53 heavy (non-hydrogen) atoms. The summed E-state index contributed by atoms with van der Waals surface area (Å²) in [5, 5.41) is 9.59. The zero-order valence-corrected chi connectivity index (χ0v) is 35.5. The van der Waals surface area contributed by atoms with Crippen LogP contribution in [-0.4, -0.2) is 80.6 Å². The van der Waals surface area contributed by atoms with Crippen LogP contribution >= 0.6 is 0 Å². The van der Waals surface area contributed by atoms with Crippen LogP contribution in [0.15, 0.2) is 12.2 Å². The molecule has 0 aliphatic carbocycles. The van der Waals surface area contributed by atoms with Gasteiger partial charge < -0.3 is 23.8 Å². The van der Waals surface area contributed by atoms with Gasteiger partial charge in [-0.05, 0) is 25.7 Å². The summed E-state index contributed by atoms with van der Waals surface area (Å²) in [5.74, 6) is -1.52. The Morgan fingerprint density at radius 2 is 0.981 bits per heavy atom. The summed E-state index contributed by atoms with van der Waals surface area (Å²) in [6.07, 6.45) is 38.6. The van der Waals surface area contributed by atoms with Gasteiger partial charge >= 0.3 is 17.9 Å². The van der Waals surface area contributed by atoms with Gasteiger partial charge in [-0.15, -0.1) is 0 Å².